The van der Waals surface area contributed by atoms with E-state index in [1.165, 1.54) is 25.7 Å². The van der Waals surface area contributed by atoms with Gasteiger partial charge in [-0.25, -0.2) is 0 Å². The molecule has 0 aliphatic rings. The van der Waals surface area contributed by atoms with Crippen LogP contribution in [-0.2, 0) is 4.79 Å². The van der Waals surface area contributed by atoms with E-state index in [2.05, 4.69) is 32.6 Å². The zero-order chi connectivity index (χ0) is 12.6. The largest absolute Gasteiger partial charge is 0.481 e. The van der Waals surface area contributed by atoms with Crippen molar-refractivity contribution >= 4 is 5.97 Å². The molecule has 1 atom stereocenters. The number of unbranched alkanes of at least 4 members (excludes halogenated alkanes) is 2. The van der Waals surface area contributed by atoms with Crippen LogP contribution in [0.3, 0.4) is 0 Å². The van der Waals surface area contributed by atoms with E-state index >= 15 is 0 Å². The summed E-state index contributed by atoms with van der Waals surface area (Å²) < 4.78 is 0. The normalized spacial score (nSPS) is 13.4. The zero-order valence-corrected chi connectivity index (χ0v) is 11.2. The maximum Gasteiger partial charge on any atom is 0.304 e. The van der Waals surface area contributed by atoms with Crippen molar-refractivity contribution in [3.8, 4) is 0 Å². The summed E-state index contributed by atoms with van der Waals surface area (Å²) in [7, 11) is 0. The first kappa shape index (κ1) is 15.4. The highest BCUT2D eigenvalue weighted by Gasteiger charge is 2.17. The van der Waals surface area contributed by atoms with Crippen molar-refractivity contribution in [2.75, 3.05) is 6.54 Å². The molecule has 0 aromatic carbocycles. The molecule has 0 saturated heterocycles. The van der Waals surface area contributed by atoms with Crippen LogP contribution >= 0.6 is 0 Å². The monoisotopic (exact) mass is 229 g/mol. The van der Waals surface area contributed by atoms with Gasteiger partial charge in [-0.05, 0) is 27.2 Å². The predicted octanol–water partition coefficient (Wildman–Crippen LogP) is 3.14. The third kappa shape index (κ3) is 6.83. The van der Waals surface area contributed by atoms with Gasteiger partial charge in [0, 0.05) is 18.6 Å². The summed E-state index contributed by atoms with van der Waals surface area (Å²) in [5.41, 5.74) is 0. The molecule has 0 rings (SSSR count). The average Bonchev–Trinajstić information content (AvgIpc) is 2.17. The summed E-state index contributed by atoms with van der Waals surface area (Å²) in [6.07, 6.45) is 5.18. The lowest BCUT2D eigenvalue weighted by Gasteiger charge is -2.32. The maximum atomic E-state index is 10.6. The Bertz CT molecular complexity index is 192. The molecule has 0 heterocycles. The lowest BCUT2D eigenvalue weighted by Crippen LogP contribution is -2.40. The predicted molar refractivity (Wildman–Crippen MR) is 67.7 cm³/mol. The van der Waals surface area contributed by atoms with Crippen LogP contribution in [0.1, 0.15) is 59.8 Å². The number of hydrogen-bond donors (Lipinski definition) is 1. The Balaban J connectivity index is 4.02. The molecule has 0 aliphatic heterocycles. The fourth-order valence-corrected chi connectivity index (χ4v) is 2.07. The van der Waals surface area contributed by atoms with Gasteiger partial charge in [-0.1, -0.05) is 26.2 Å². The molecule has 3 nitrogen and oxygen atoms in total. The first-order valence-electron chi connectivity index (χ1n) is 6.46. The van der Waals surface area contributed by atoms with Gasteiger partial charge in [0.05, 0.1) is 6.42 Å². The second-order valence-corrected chi connectivity index (χ2v) is 4.82. The third-order valence-electron chi connectivity index (χ3n) is 3.04. The molecule has 0 aromatic rings. The van der Waals surface area contributed by atoms with Crippen LogP contribution < -0.4 is 0 Å². The van der Waals surface area contributed by atoms with Crippen LogP contribution in [0.15, 0.2) is 0 Å². The lowest BCUT2D eigenvalue weighted by molar-refractivity contribution is -0.137. The van der Waals surface area contributed by atoms with E-state index in [9.17, 15) is 4.79 Å². The highest BCUT2D eigenvalue weighted by Crippen LogP contribution is 2.13. The molecule has 16 heavy (non-hydrogen) atoms. The summed E-state index contributed by atoms with van der Waals surface area (Å²) >= 11 is 0. The molecule has 0 spiro atoms. The van der Waals surface area contributed by atoms with Crippen molar-refractivity contribution < 1.29 is 9.90 Å². The minimum atomic E-state index is -0.702. The van der Waals surface area contributed by atoms with E-state index in [0.29, 0.717) is 18.6 Å². The fourth-order valence-electron chi connectivity index (χ4n) is 2.07. The van der Waals surface area contributed by atoms with Gasteiger partial charge >= 0.3 is 5.97 Å². The van der Waals surface area contributed by atoms with E-state index in [0.717, 1.165) is 0 Å². The van der Waals surface area contributed by atoms with Gasteiger partial charge in [-0.15, -0.1) is 0 Å². The topological polar surface area (TPSA) is 40.5 Å². The van der Waals surface area contributed by atoms with E-state index in [1.54, 1.807) is 0 Å². The summed E-state index contributed by atoms with van der Waals surface area (Å²) in [6, 6.07) is 0.918. The molecule has 3 heteroatoms. The number of carbonyl (C=O) groups is 1. The van der Waals surface area contributed by atoms with Crippen molar-refractivity contribution in [2.24, 2.45) is 0 Å². The van der Waals surface area contributed by atoms with Crippen molar-refractivity contribution in [3.05, 3.63) is 0 Å². The highest BCUT2D eigenvalue weighted by molar-refractivity contribution is 5.66. The molecule has 0 aromatic heterocycles. The summed E-state index contributed by atoms with van der Waals surface area (Å²) in [5, 5.41) is 8.71. The average molecular weight is 229 g/mol. The highest BCUT2D eigenvalue weighted by atomic mass is 16.4. The van der Waals surface area contributed by atoms with Gasteiger partial charge < -0.3 is 5.11 Å². The Morgan fingerprint density at radius 3 is 2.31 bits per heavy atom. The van der Waals surface area contributed by atoms with Gasteiger partial charge in [-0.2, -0.15) is 0 Å². The van der Waals surface area contributed by atoms with Gasteiger partial charge in [0.1, 0.15) is 0 Å². The van der Waals surface area contributed by atoms with E-state index < -0.39 is 5.97 Å². The minimum Gasteiger partial charge on any atom is -0.481 e. The van der Waals surface area contributed by atoms with Crippen LogP contribution in [0, 0.1) is 0 Å². The van der Waals surface area contributed by atoms with Gasteiger partial charge in [0.2, 0.25) is 0 Å². The molecule has 0 saturated carbocycles. The van der Waals surface area contributed by atoms with Crippen molar-refractivity contribution in [3.63, 3.8) is 0 Å². The van der Waals surface area contributed by atoms with Crippen LogP contribution in [0.4, 0.5) is 0 Å². The van der Waals surface area contributed by atoms with Crippen LogP contribution in [-0.4, -0.2) is 34.6 Å². The van der Waals surface area contributed by atoms with Crippen LogP contribution in [0.2, 0.25) is 0 Å². The molecular weight excluding hydrogens is 202 g/mol. The van der Waals surface area contributed by atoms with Gasteiger partial charge in [-0.3, -0.25) is 9.69 Å². The number of hydrogen-bond acceptors (Lipinski definition) is 2. The van der Waals surface area contributed by atoms with Crippen molar-refractivity contribution in [1.82, 2.24) is 4.90 Å². The fraction of sp³-hybridized carbons (Fsp3) is 0.923. The Kier molecular flexibility index (Phi) is 8.26. The Hall–Kier alpha value is -0.570. The standard InChI is InChI=1S/C13H27NO2/c1-5-6-7-8-12(4)14(11(2)3)10-9-13(15)16/h11-12H,5-10H2,1-4H3,(H,15,16). The van der Waals surface area contributed by atoms with Crippen LogP contribution in [0.25, 0.3) is 0 Å². The van der Waals surface area contributed by atoms with E-state index in [1.807, 2.05) is 0 Å². The molecule has 0 bridgehead atoms. The summed E-state index contributed by atoms with van der Waals surface area (Å²) in [6.45, 7) is 9.35. The van der Waals surface area contributed by atoms with Crippen molar-refractivity contribution in [1.29, 1.82) is 0 Å². The maximum absolute atomic E-state index is 10.6. The quantitative estimate of drug-likeness (QED) is 0.617. The number of rotatable bonds is 9. The molecule has 1 unspecified atom stereocenters. The molecule has 96 valence electrons. The van der Waals surface area contributed by atoms with Gasteiger partial charge in [0.15, 0.2) is 0 Å². The Morgan fingerprint density at radius 1 is 1.25 bits per heavy atom. The molecule has 0 amide bonds. The lowest BCUT2D eigenvalue weighted by atomic mass is 10.1. The Labute approximate surface area is 99.8 Å². The second kappa shape index (κ2) is 8.57. The zero-order valence-electron chi connectivity index (χ0n) is 11.2. The summed E-state index contributed by atoms with van der Waals surface area (Å²) in [4.78, 5) is 12.9. The smallest absolute Gasteiger partial charge is 0.304 e. The SMILES string of the molecule is CCCCCC(C)N(CCC(=O)O)C(C)C. The number of nitrogens with zero attached hydrogens (tertiary/aromatic N) is 1. The summed E-state index contributed by atoms with van der Waals surface area (Å²) in [5.74, 6) is -0.702. The Morgan fingerprint density at radius 2 is 1.88 bits per heavy atom. The molecule has 0 aliphatic carbocycles. The molecule has 0 fully saturated rings. The van der Waals surface area contributed by atoms with E-state index in [4.69, 9.17) is 5.11 Å². The molecular formula is C13H27NO2. The van der Waals surface area contributed by atoms with Crippen molar-refractivity contribution in [2.45, 2.75) is 71.9 Å². The number of carboxylic acids is 1. The van der Waals surface area contributed by atoms with E-state index in [-0.39, 0.29) is 6.42 Å². The number of carboxylic acid groups (broad SMARTS) is 1. The minimum absolute atomic E-state index is 0.246. The van der Waals surface area contributed by atoms with Gasteiger partial charge in [0.25, 0.3) is 0 Å². The first-order chi connectivity index (χ1) is 7.49. The molecule has 0 radical (unpaired) electrons. The third-order valence-corrected chi connectivity index (χ3v) is 3.04. The second-order valence-electron chi connectivity index (χ2n) is 4.82. The van der Waals surface area contributed by atoms with Crippen LogP contribution in [0.5, 0.6) is 0 Å². The molecule has 1 N–H and O–H groups in total. The number of aliphatic carboxylic acids is 1. The first-order valence-corrected chi connectivity index (χ1v) is 6.46.